The Morgan fingerprint density at radius 1 is 1.60 bits per heavy atom. The van der Waals surface area contributed by atoms with Crippen molar-refractivity contribution in [2.24, 2.45) is 0 Å². The van der Waals surface area contributed by atoms with Gasteiger partial charge in [0.1, 0.15) is 6.10 Å². The quantitative estimate of drug-likeness (QED) is 0.808. The number of nitrogens with one attached hydrogen (secondary N) is 1. The van der Waals surface area contributed by atoms with Crippen LogP contribution in [0.15, 0.2) is 12.1 Å². The molecule has 2 N–H and O–H groups in total. The van der Waals surface area contributed by atoms with Crippen molar-refractivity contribution in [2.75, 3.05) is 20.1 Å². The Balaban J connectivity index is 1.65. The van der Waals surface area contributed by atoms with Crippen molar-refractivity contribution in [3.8, 4) is 0 Å². The topological polar surface area (TPSA) is 52.6 Å². The lowest BCUT2D eigenvalue weighted by Gasteiger charge is -2.35. The van der Waals surface area contributed by atoms with Crippen molar-refractivity contribution >= 4 is 28.8 Å². The van der Waals surface area contributed by atoms with E-state index in [2.05, 4.69) is 10.2 Å². The lowest BCUT2D eigenvalue weighted by Crippen LogP contribution is -2.46. The number of aliphatic hydroxyl groups excluding tert-OH is 1. The molecule has 1 atom stereocenters. The minimum atomic E-state index is -0.951. The molecule has 1 fully saturated rings. The third-order valence-electron chi connectivity index (χ3n) is 3.76. The predicted molar refractivity (Wildman–Crippen MR) is 82.3 cm³/mol. The van der Waals surface area contributed by atoms with Crippen LogP contribution in [0.4, 0.5) is 0 Å². The molecule has 0 spiro atoms. The Kier molecular flexibility index (Phi) is 5.84. The molecule has 0 aromatic carbocycles. The first-order valence-electron chi connectivity index (χ1n) is 6.96. The second kappa shape index (κ2) is 7.41. The molecule has 1 aromatic heterocycles. The summed E-state index contributed by atoms with van der Waals surface area (Å²) in [6, 6.07) is 4.34. The fraction of sp³-hybridized carbons (Fsp3) is 0.643. The van der Waals surface area contributed by atoms with Crippen molar-refractivity contribution in [2.45, 2.75) is 37.8 Å². The van der Waals surface area contributed by atoms with Gasteiger partial charge in [-0.05, 0) is 38.4 Å². The van der Waals surface area contributed by atoms with Gasteiger partial charge in [0.05, 0.1) is 4.34 Å². The fourth-order valence-corrected chi connectivity index (χ4v) is 3.33. The number of hydrogen-bond donors (Lipinski definition) is 2. The summed E-state index contributed by atoms with van der Waals surface area (Å²) in [6.07, 6.45) is 3.38. The molecule has 1 aliphatic carbocycles. The third kappa shape index (κ3) is 4.45. The van der Waals surface area contributed by atoms with Gasteiger partial charge < -0.3 is 15.3 Å². The average molecular weight is 317 g/mol. The summed E-state index contributed by atoms with van der Waals surface area (Å²) in [6.45, 7) is 0.932. The van der Waals surface area contributed by atoms with Crippen LogP contribution in [-0.4, -0.2) is 48.2 Å². The average Bonchev–Trinajstić information content (AvgIpc) is 2.72. The molecule has 6 heteroatoms. The Hall–Kier alpha value is -0.620. The van der Waals surface area contributed by atoms with Crippen molar-refractivity contribution in [3.05, 3.63) is 21.3 Å². The summed E-state index contributed by atoms with van der Waals surface area (Å²) in [5.74, 6) is -0.293. The molecule has 1 unspecified atom stereocenters. The van der Waals surface area contributed by atoms with Gasteiger partial charge >= 0.3 is 0 Å². The molecule has 1 aliphatic rings. The van der Waals surface area contributed by atoms with Crippen LogP contribution in [0.5, 0.6) is 0 Å². The van der Waals surface area contributed by atoms with Gasteiger partial charge in [0, 0.05) is 24.0 Å². The van der Waals surface area contributed by atoms with Gasteiger partial charge in [-0.1, -0.05) is 18.0 Å². The monoisotopic (exact) mass is 316 g/mol. The molecule has 0 aliphatic heterocycles. The van der Waals surface area contributed by atoms with Crippen LogP contribution in [0, 0.1) is 0 Å². The molecule has 0 radical (unpaired) electrons. The zero-order valence-electron chi connectivity index (χ0n) is 11.6. The van der Waals surface area contributed by atoms with Crippen LogP contribution in [0.3, 0.4) is 0 Å². The summed E-state index contributed by atoms with van der Waals surface area (Å²) in [7, 11) is 1.97. The minimum Gasteiger partial charge on any atom is -0.382 e. The Labute approximate surface area is 128 Å². The number of carbonyl (C=O) groups excluding carboxylic acids is 1. The predicted octanol–water partition coefficient (Wildman–Crippen LogP) is 1.91. The van der Waals surface area contributed by atoms with Gasteiger partial charge in [-0.15, -0.1) is 11.3 Å². The highest BCUT2D eigenvalue weighted by Crippen LogP contribution is 2.23. The number of likely N-dealkylation sites (N-methyl/N-ethyl adjacent to an activating group) is 1. The molecule has 112 valence electrons. The maximum Gasteiger partial charge on any atom is 0.250 e. The minimum absolute atomic E-state index is 0.293. The van der Waals surface area contributed by atoms with Crippen LogP contribution >= 0.6 is 22.9 Å². The Bertz CT molecular complexity index is 448. The maximum absolute atomic E-state index is 11.8. The largest absolute Gasteiger partial charge is 0.382 e. The molecular formula is C14H21ClN2O2S. The number of rotatable bonds is 7. The molecule has 0 bridgehead atoms. The summed E-state index contributed by atoms with van der Waals surface area (Å²) < 4.78 is 0.758. The van der Waals surface area contributed by atoms with Crippen molar-refractivity contribution < 1.29 is 9.90 Å². The first kappa shape index (κ1) is 15.8. The van der Waals surface area contributed by atoms with E-state index < -0.39 is 6.10 Å². The number of aliphatic hydroxyl groups is 1. The summed E-state index contributed by atoms with van der Waals surface area (Å²) in [5, 5.41) is 12.7. The van der Waals surface area contributed by atoms with E-state index in [9.17, 15) is 9.90 Å². The molecular weight excluding hydrogens is 296 g/mol. The molecule has 4 nitrogen and oxygen atoms in total. The zero-order valence-corrected chi connectivity index (χ0v) is 13.2. The normalized spacial score (nSPS) is 17.0. The fourth-order valence-electron chi connectivity index (χ4n) is 2.25. The highest BCUT2D eigenvalue weighted by Gasteiger charge is 2.25. The van der Waals surface area contributed by atoms with Crippen LogP contribution < -0.4 is 5.32 Å². The van der Waals surface area contributed by atoms with Gasteiger partial charge in [-0.3, -0.25) is 4.79 Å². The van der Waals surface area contributed by atoms with E-state index in [1.165, 1.54) is 30.6 Å². The first-order valence-corrected chi connectivity index (χ1v) is 8.16. The second-order valence-electron chi connectivity index (χ2n) is 5.29. The van der Waals surface area contributed by atoms with E-state index in [1.807, 2.05) is 19.2 Å². The lowest BCUT2D eigenvalue weighted by molar-refractivity contribution is -0.130. The number of hydrogen-bond acceptors (Lipinski definition) is 4. The SMILES string of the molecule is CN(CC(O)C(=O)NCCc1ccc(Cl)s1)C1CCC1. The van der Waals surface area contributed by atoms with E-state index in [4.69, 9.17) is 11.6 Å². The van der Waals surface area contributed by atoms with E-state index in [-0.39, 0.29) is 5.91 Å². The molecule has 2 rings (SSSR count). The van der Waals surface area contributed by atoms with Gasteiger partial charge in [-0.2, -0.15) is 0 Å². The zero-order chi connectivity index (χ0) is 14.5. The highest BCUT2D eigenvalue weighted by atomic mass is 35.5. The van der Waals surface area contributed by atoms with Crippen LogP contribution in [0.25, 0.3) is 0 Å². The molecule has 1 saturated carbocycles. The van der Waals surface area contributed by atoms with Crippen LogP contribution in [0.2, 0.25) is 4.34 Å². The number of amides is 1. The lowest BCUT2D eigenvalue weighted by atomic mass is 9.92. The van der Waals surface area contributed by atoms with Gasteiger partial charge in [-0.25, -0.2) is 0 Å². The third-order valence-corrected chi connectivity index (χ3v) is 5.05. The van der Waals surface area contributed by atoms with Gasteiger partial charge in [0.15, 0.2) is 0 Å². The van der Waals surface area contributed by atoms with Crippen molar-refractivity contribution in [3.63, 3.8) is 0 Å². The maximum atomic E-state index is 11.8. The molecule has 0 saturated heterocycles. The smallest absolute Gasteiger partial charge is 0.250 e. The standard InChI is InChI=1S/C14H21ClN2O2S/c1-17(10-3-2-4-10)9-12(18)14(19)16-8-7-11-5-6-13(15)20-11/h5-6,10,12,18H,2-4,7-9H2,1H3,(H,16,19). The van der Waals surface area contributed by atoms with Crippen molar-refractivity contribution in [1.29, 1.82) is 0 Å². The Morgan fingerprint density at radius 2 is 2.35 bits per heavy atom. The molecule has 20 heavy (non-hydrogen) atoms. The molecule has 1 amide bonds. The number of carbonyl (C=O) groups is 1. The molecule has 1 aromatic rings. The number of halogens is 1. The summed E-state index contributed by atoms with van der Waals surface area (Å²) >= 11 is 7.36. The summed E-state index contributed by atoms with van der Waals surface area (Å²) in [5.41, 5.74) is 0. The van der Waals surface area contributed by atoms with Gasteiger partial charge in [0.2, 0.25) is 5.91 Å². The Morgan fingerprint density at radius 3 is 2.90 bits per heavy atom. The van der Waals surface area contributed by atoms with E-state index in [1.54, 1.807) is 0 Å². The second-order valence-corrected chi connectivity index (χ2v) is 7.09. The summed E-state index contributed by atoms with van der Waals surface area (Å²) in [4.78, 5) is 15.0. The van der Waals surface area contributed by atoms with E-state index >= 15 is 0 Å². The van der Waals surface area contributed by atoms with Crippen molar-refractivity contribution in [1.82, 2.24) is 10.2 Å². The van der Waals surface area contributed by atoms with E-state index in [0.717, 1.165) is 15.6 Å². The number of nitrogens with zero attached hydrogens (tertiary/aromatic N) is 1. The first-order chi connectivity index (χ1) is 9.56. The highest BCUT2D eigenvalue weighted by molar-refractivity contribution is 7.16. The van der Waals surface area contributed by atoms with Crippen LogP contribution in [-0.2, 0) is 11.2 Å². The van der Waals surface area contributed by atoms with Gasteiger partial charge in [0.25, 0.3) is 0 Å². The number of thiophene rings is 1. The molecule has 1 heterocycles. The van der Waals surface area contributed by atoms with Crippen LogP contribution in [0.1, 0.15) is 24.1 Å². The van der Waals surface area contributed by atoms with E-state index in [0.29, 0.717) is 19.1 Å².